The van der Waals surface area contributed by atoms with Gasteiger partial charge in [-0.25, -0.2) is 18.7 Å². The zero-order valence-corrected chi connectivity index (χ0v) is 18.9. The number of benzene rings is 2. The van der Waals surface area contributed by atoms with E-state index < -0.39 is 46.7 Å². The van der Waals surface area contributed by atoms with Gasteiger partial charge in [-0.3, -0.25) is 14.4 Å². The van der Waals surface area contributed by atoms with Crippen LogP contribution < -0.4 is 9.80 Å². The molecule has 1 fully saturated rings. The van der Waals surface area contributed by atoms with Crippen molar-refractivity contribution in [2.24, 2.45) is 0 Å². The fourth-order valence-corrected chi connectivity index (χ4v) is 4.38. The molecule has 0 saturated carbocycles. The van der Waals surface area contributed by atoms with Crippen molar-refractivity contribution >= 4 is 29.1 Å². The highest BCUT2D eigenvalue weighted by molar-refractivity contribution is 6.33. The largest absolute Gasteiger partial charge is 0.417 e. The van der Waals surface area contributed by atoms with E-state index in [2.05, 4.69) is 4.98 Å². The van der Waals surface area contributed by atoms with Crippen LogP contribution in [0.25, 0.3) is 0 Å². The molecule has 3 amide bonds. The van der Waals surface area contributed by atoms with Gasteiger partial charge in [0, 0.05) is 26.2 Å². The van der Waals surface area contributed by atoms with Crippen molar-refractivity contribution in [2.45, 2.75) is 6.18 Å². The summed E-state index contributed by atoms with van der Waals surface area (Å²) in [6.45, 7) is 0.482. The molecule has 3 aromatic rings. The predicted octanol–water partition coefficient (Wildman–Crippen LogP) is 4.14. The summed E-state index contributed by atoms with van der Waals surface area (Å²) in [7, 11) is 0. The van der Waals surface area contributed by atoms with E-state index in [-0.39, 0.29) is 43.1 Å². The molecule has 0 atom stereocenters. The lowest BCUT2D eigenvalue weighted by Gasteiger charge is -2.36. The van der Waals surface area contributed by atoms with Crippen molar-refractivity contribution in [1.82, 2.24) is 9.88 Å². The monoisotopic (exact) mass is 516 g/mol. The first-order chi connectivity index (χ1) is 17.5. The topological polar surface area (TPSA) is 73.8 Å². The first kappa shape index (κ1) is 24.3. The van der Waals surface area contributed by atoms with Gasteiger partial charge in [0.15, 0.2) is 0 Å². The average Bonchev–Trinajstić information content (AvgIpc) is 3.12. The molecular formula is C25H17F5N4O3. The Morgan fingerprint density at radius 1 is 0.811 bits per heavy atom. The maximum absolute atomic E-state index is 13.6. The molecule has 37 heavy (non-hydrogen) atoms. The number of amides is 3. The molecule has 0 spiro atoms. The molecule has 0 radical (unpaired) electrons. The number of hydrogen-bond donors (Lipinski definition) is 0. The molecule has 12 heteroatoms. The van der Waals surface area contributed by atoms with E-state index in [0.29, 0.717) is 23.9 Å². The molecule has 3 heterocycles. The van der Waals surface area contributed by atoms with Crippen LogP contribution >= 0.6 is 0 Å². The smallest absolute Gasteiger partial charge is 0.367 e. The van der Waals surface area contributed by atoms with Crippen LogP contribution in [-0.2, 0) is 6.18 Å². The Morgan fingerprint density at radius 3 is 2.11 bits per heavy atom. The zero-order chi connectivity index (χ0) is 26.5. The van der Waals surface area contributed by atoms with Gasteiger partial charge in [-0.15, -0.1) is 0 Å². The number of alkyl halides is 3. The Kier molecular flexibility index (Phi) is 5.89. The fourth-order valence-electron chi connectivity index (χ4n) is 4.38. The first-order valence-electron chi connectivity index (χ1n) is 11.1. The number of rotatable bonds is 3. The van der Waals surface area contributed by atoms with Crippen LogP contribution in [0.4, 0.5) is 33.3 Å². The Hall–Kier alpha value is -4.35. The summed E-state index contributed by atoms with van der Waals surface area (Å²) in [4.78, 5) is 46.5. The lowest BCUT2D eigenvalue weighted by atomic mass is 10.0. The third-order valence-electron chi connectivity index (χ3n) is 6.25. The third kappa shape index (κ3) is 4.39. The Balaban J connectivity index is 1.32. The molecule has 0 aliphatic carbocycles. The van der Waals surface area contributed by atoms with Gasteiger partial charge in [0.2, 0.25) is 0 Å². The number of hydrogen-bond acceptors (Lipinski definition) is 5. The Morgan fingerprint density at radius 2 is 1.46 bits per heavy atom. The van der Waals surface area contributed by atoms with E-state index in [1.54, 1.807) is 4.90 Å². The minimum absolute atomic E-state index is 0.0400. The van der Waals surface area contributed by atoms with Gasteiger partial charge in [0.25, 0.3) is 17.7 Å². The number of halogens is 5. The highest BCUT2D eigenvalue weighted by Gasteiger charge is 2.39. The second-order valence-corrected chi connectivity index (χ2v) is 8.48. The lowest BCUT2D eigenvalue weighted by Crippen LogP contribution is -2.49. The van der Waals surface area contributed by atoms with Gasteiger partial charge in [-0.1, -0.05) is 0 Å². The minimum Gasteiger partial charge on any atom is -0.367 e. The van der Waals surface area contributed by atoms with Crippen molar-refractivity contribution in [1.29, 1.82) is 0 Å². The van der Waals surface area contributed by atoms with E-state index in [0.717, 1.165) is 17.0 Å². The number of nitrogens with zero attached hydrogens (tertiary/aromatic N) is 4. The van der Waals surface area contributed by atoms with Crippen LogP contribution in [0.15, 0.2) is 54.7 Å². The van der Waals surface area contributed by atoms with Crippen LogP contribution in [0.3, 0.4) is 0 Å². The molecule has 1 aromatic heterocycles. The van der Waals surface area contributed by atoms with E-state index >= 15 is 0 Å². The van der Waals surface area contributed by atoms with Crippen LogP contribution in [0.1, 0.15) is 36.8 Å². The number of anilines is 2. The third-order valence-corrected chi connectivity index (χ3v) is 6.25. The van der Waals surface area contributed by atoms with Gasteiger partial charge < -0.3 is 9.80 Å². The molecule has 1 saturated heterocycles. The van der Waals surface area contributed by atoms with Crippen LogP contribution in [0, 0.1) is 11.6 Å². The number of pyridine rings is 1. The maximum Gasteiger partial charge on any atom is 0.417 e. The first-order valence-corrected chi connectivity index (χ1v) is 11.1. The normalized spacial score (nSPS) is 15.9. The van der Waals surface area contributed by atoms with Gasteiger partial charge in [-0.2, -0.15) is 13.2 Å². The summed E-state index contributed by atoms with van der Waals surface area (Å²) in [5.74, 6) is -3.68. The minimum atomic E-state index is -4.82. The SMILES string of the molecule is O=C(c1cc(F)ccc1C(F)(F)F)N1CCN(c2cnc3c(c2)C(=O)N(c2ccc(F)cc2)C3=O)CC1. The molecule has 0 unspecified atom stereocenters. The fraction of sp³-hybridized carbons (Fsp3) is 0.200. The quantitative estimate of drug-likeness (QED) is 0.387. The predicted molar refractivity (Wildman–Crippen MR) is 121 cm³/mol. The van der Waals surface area contributed by atoms with Crippen LogP contribution in [-0.4, -0.2) is 53.8 Å². The molecule has 190 valence electrons. The van der Waals surface area contributed by atoms with Crippen molar-refractivity contribution in [3.8, 4) is 0 Å². The summed E-state index contributed by atoms with van der Waals surface area (Å²) in [5, 5.41) is 0. The summed E-state index contributed by atoms with van der Waals surface area (Å²) in [6, 6.07) is 8.12. The zero-order valence-electron chi connectivity index (χ0n) is 18.9. The number of aromatic nitrogens is 1. The summed E-state index contributed by atoms with van der Waals surface area (Å²) < 4.78 is 66.9. The maximum atomic E-state index is 13.6. The Bertz CT molecular complexity index is 1420. The molecule has 0 N–H and O–H groups in total. The highest BCUT2D eigenvalue weighted by atomic mass is 19.4. The summed E-state index contributed by atoms with van der Waals surface area (Å²) in [5.41, 5.74) is -1.30. The number of piperazine rings is 1. The van der Waals surface area contributed by atoms with Crippen molar-refractivity contribution in [3.05, 3.63) is 88.7 Å². The molecule has 0 bridgehead atoms. The summed E-state index contributed by atoms with van der Waals surface area (Å²) in [6.07, 6.45) is -3.42. The van der Waals surface area contributed by atoms with Crippen molar-refractivity contribution in [2.75, 3.05) is 36.0 Å². The van der Waals surface area contributed by atoms with Crippen molar-refractivity contribution < 1.29 is 36.3 Å². The summed E-state index contributed by atoms with van der Waals surface area (Å²) >= 11 is 0. The molecule has 7 nitrogen and oxygen atoms in total. The lowest BCUT2D eigenvalue weighted by molar-refractivity contribution is -0.138. The number of fused-ring (bicyclic) bond motifs is 1. The van der Waals surface area contributed by atoms with E-state index in [4.69, 9.17) is 0 Å². The van der Waals surface area contributed by atoms with E-state index in [9.17, 15) is 36.3 Å². The van der Waals surface area contributed by atoms with Gasteiger partial charge in [0.05, 0.1) is 34.3 Å². The average molecular weight is 516 g/mol. The Labute approximate surface area is 206 Å². The number of carbonyl (C=O) groups excluding carboxylic acids is 3. The molecule has 2 aliphatic rings. The standard InChI is InChI=1S/C25H17F5N4O3/c26-14-1-4-16(5-2-14)34-23(36)19-12-17(13-31-21(19)24(34)37)32-7-9-33(10-8-32)22(35)18-11-15(27)3-6-20(18)25(28,29)30/h1-6,11-13H,7-10H2. The molecule has 2 aromatic carbocycles. The van der Waals surface area contributed by atoms with E-state index in [1.165, 1.54) is 29.3 Å². The second kappa shape index (κ2) is 8.95. The molecule has 5 rings (SSSR count). The van der Waals surface area contributed by atoms with E-state index in [1.807, 2.05) is 0 Å². The number of carbonyl (C=O) groups is 3. The second-order valence-electron chi connectivity index (χ2n) is 8.48. The van der Waals surface area contributed by atoms with Gasteiger partial charge in [-0.05, 0) is 48.5 Å². The highest BCUT2D eigenvalue weighted by Crippen LogP contribution is 2.34. The van der Waals surface area contributed by atoms with Crippen LogP contribution in [0.2, 0.25) is 0 Å². The molecule has 2 aliphatic heterocycles. The van der Waals surface area contributed by atoms with Crippen LogP contribution in [0.5, 0.6) is 0 Å². The number of imide groups is 1. The van der Waals surface area contributed by atoms with Gasteiger partial charge >= 0.3 is 6.18 Å². The van der Waals surface area contributed by atoms with Gasteiger partial charge in [0.1, 0.15) is 17.3 Å². The van der Waals surface area contributed by atoms with Crippen molar-refractivity contribution in [3.63, 3.8) is 0 Å². The molecular weight excluding hydrogens is 499 g/mol.